The molecule has 0 bridgehead atoms. The molecule has 2 aromatic carbocycles. The van der Waals surface area contributed by atoms with Crippen LogP contribution >= 0.6 is 0 Å². The van der Waals surface area contributed by atoms with Gasteiger partial charge in [0.2, 0.25) is 0 Å². The first kappa shape index (κ1) is 16.0. The standard InChI is InChI=1S/C19H14F2N4O/c20-12-5-11(6-13(21)7-12)10-24-14-1-2-17-15(8-14)16(19(26)25-17)9-18-22-3-4-23-18/h1-9,24H,10H2,(H,22,23)(H,25,26). The predicted molar refractivity (Wildman–Crippen MR) is 95.2 cm³/mol. The van der Waals surface area contributed by atoms with Gasteiger partial charge in [-0.1, -0.05) is 0 Å². The third-order valence-corrected chi connectivity index (χ3v) is 4.02. The number of H-pyrrole nitrogens is 1. The Balaban J connectivity index is 1.59. The number of fused-ring (bicyclic) bond motifs is 1. The molecule has 1 amide bonds. The number of rotatable bonds is 4. The Morgan fingerprint density at radius 3 is 2.65 bits per heavy atom. The Labute approximate surface area is 147 Å². The molecule has 3 N–H and O–H groups in total. The number of anilines is 2. The molecule has 1 aromatic heterocycles. The highest BCUT2D eigenvalue weighted by Crippen LogP contribution is 2.34. The van der Waals surface area contributed by atoms with E-state index in [1.54, 1.807) is 30.6 Å². The number of carbonyl (C=O) groups excluding carboxylic acids is 1. The van der Waals surface area contributed by atoms with E-state index < -0.39 is 11.6 Å². The second-order valence-electron chi connectivity index (χ2n) is 5.88. The number of benzene rings is 2. The second kappa shape index (κ2) is 6.44. The van der Waals surface area contributed by atoms with Gasteiger partial charge in [0, 0.05) is 41.9 Å². The summed E-state index contributed by atoms with van der Waals surface area (Å²) in [6.45, 7) is 0.256. The second-order valence-corrected chi connectivity index (χ2v) is 5.88. The molecule has 4 rings (SSSR count). The van der Waals surface area contributed by atoms with Crippen molar-refractivity contribution in [2.45, 2.75) is 6.54 Å². The van der Waals surface area contributed by atoms with E-state index in [4.69, 9.17) is 0 Å². The molecule has 5 nitrogen and oxygen atoms in total. The molecule has 2 heterocycles. The lowest BCUT2D eigenvalue weighted by Gasteiger charge is -2.09. The van der Waals surface area contributed by atoms with Gasteiger partial charge in [0.15, 0.2) is 0 Å². The topological polar surface area (TPSA) is 69.8 Å². The lowest BCUT2D eigenvalue weighted by molar-refractivity contribution is -0.110. The van der Waals surface area contributed by atoms with Gasteiger partial charge in [-0.2, -0.15) is 0 Å². The molecule has 1 aliphatic rings. The molecule has 0 aliphatic carbocycles. The number of hydrogen-bond donors (Lipinski definition) is 3. The fourth-order valence-corrected chi connectivity index (χ4v) is 2.85. The summed E-state index contributed by atoms with van der Waals surface area (Å²) >= 11 is 0. The monoisotopic (exact) mass is 352 g/mol. The van der Waals surface area contributed by atoms with Crippen LogP contribution in [0.5, 0.6) is 0 Å². The number of aromatic amines is 1. The van der Waals surface area contributed by atoms with Crippen molar-refractivity contribution < 1.29 is 13.6 Å². The largest absolute Gasteiger partial charge is 0.381 e. The number of hydrogen-bond acceptors (Lipinski definition) is 3. The average Bonchev–Trinajstić information content (AvgIpc) is 3.21. The predicted octanol–water partition coefficient (Wildman–Crippen LogP) is 3.79. The molecule has 130 valence electrons. The van der Waals surface area contributed by atoms with Crippen LogP contribution in [0.15, 0.2) is 48.8 Å². The van der Waals surface area contributed by atoms with Crippen molar-refractivity contribution in [2.24, 2.45) is 0 Å². The highest BCUT2D eigenvalue weighted by Gasteiger charge is 2.24. The highest BCUT2D eigenvalue weighted by atomic mass is 19.1. The van der Waals surface area contributed by atoms with Crippen LogP contribution in [-0.4, -0.2) is 15.9 Å². The van der Waals surface area contributed by atoms with Gasteiger partial charge in [-0.05, 0) is 42.0 Å². The fraction of sp³-hybridized carbons (Fsp3) is 0.0526. The lowest BCUT2D eigenvalue weighted by Crippen LogP contribution is -2.03. The maximum Gasteiger partial charge on any atom is 0.256 e. The number of halogens is 2. The van der Waals surface area contributed by atoms with E-state index in [1.807, 2.05) is 6.07 Å². The van der Waals surface area contributed by atoms with Gasteiger partial charge in [-0.15, -0.1) is 0 Å². The normalized spacial score (nSPS) is 14.4. The van der Waals surface area contributed by atoms with Crippen molar-refractivity contribution in [1.82, 2.24) is 9.97 Å². The first-order chi connectivity index (χ1) is 12.6. The quantitative estimate of drug-likeness (QED) is 0.626. The van der Waals surface area contributed by atoms with E-state index in [0.29, 0.717) is 22.6 Å². The molecule has 0 unspecified atom stereocenters. The van der Waals surface area contributed by atoms with Crippen LogP contribution in [0.2, 0.25) is 0 Å². The Hall–Kier alpha value is -3.48. The SMILES string of the molecule is O=C1Nc2ccc(NCc3cc(F)cc(F)c3)cc2C1=Cc1ncc[nH]1. The van der Waals surface area contributed by atoms with Gasteiger partial charge in [-0.25, -0.2) is 13.8 Å². The molecule has 0 radical (unpaired) electrons. The number of nitrogens with zero attached hydrogens (tertiary/aromatic N) is 1. The van der Waals surface area contributed by atoms with Crippen molar-refractivity contribution >= 4 is 28.9 Å². The first-order valence-electron chi connectivity index (χ1n) is 7.94. The summed E-state index contributed by atoms with van der Waals surface area (Å²) in [6, 6.07) is 8.78. The summed E-state index contributed by atoms with van der Waals surface area (Å²) in [5, 5.41) is 5.92. The Morgan fingerprint density at radius 1 is 1.12 bits per heavy atom. The zero-order chi connectivity index (χ0) is 18.1. The first-order valence-corrected chi connectivity index (χ1v) is 7.94. The molecule has 0 fully saturated rings. The summed E-state index contributed by atoms with van der Waals surface area (Å²) in [5.41, 5.74) is 3.16. The van der Waals surface area contributed by atoms with Crippen LogP contribution in [0.1, 0.15) is 17.0 Å². The molecule has 0 saturated heterocycles. The van der Waals surface area contributed by atoms with Crippen LogP contribution in [0.4, 0.5) is 20.2 Å². The van der Waals surface area contributed by atoms with E-state index >= 15 is 0 Å². The number of nitrogens with one attached hydrogen (secondary N) is 3. The van der Waals surface area contributed by atoms with E-state index in [9.17, 15) is 13.6 Å². The summed E-state index contributed by atoms with van der Waals surface area (Å²) in [5.74, 6) is -0.860. The number of aromatic nitrogens is 2. The number of amides is 1. The lowest BCUT2D eigenvalue weighted by atomic mass is 10.1. The third-order valence-electron chi connectivity index (χ3n) is 4.02. The van der Waals surface area contributed by atoms with Gasteiger partial charge in [0.1, 0.15) is 17.5 Å². The van der Waals surface area contributed by atoms with Crippen LogP contribution in [0.25, 0.3) is 11.6 Å². The average molecular weight is 352 g/mol. The van der Waals surface area contributed by atoms with E-state index in [-0.39, 0.29) is 12.5 Å². The third kappa shape index (κ3) is 3.19. The minimum atomic E-state index is -0.616. The number of carbonyl (C=O) groups is 1. The molecule has 0 saturated carbocycles. The highest BCUT2D eigenvalue weighted by molar-refractivity contribution is 6.34. The summed E-state index contributed by atoms with van der Waals surface area (Å²) in [4.78, 5) is 19.2. The molecular weight excluding hydrogens is 338 g/mol. The van der Waals surface area contributed by atoms with Gasteiger partial charge >= 0.3 is 0 Å². The molecule has 26 heavy (non-hydrogen) atoms. The molecule has 7 heteroatoms. The zero-order valence-electron chi connectivity index (χ0n) is 13.5. The Bertz CT molecular complexity index is 992. The maximum atomic E-state index is 13.3. The molecule has 0 spiro atoms. The molecule has 0 atom stereocenters. The fourth-order valence-electron chi connectivity index (χ4n) is 2.85. The Kier molecular flexibility index (Phi) is 3.96. The van der Waals surface area contributed by atoms with E-state index in [0.717, 1.165) is 17.3 Å². The minimum Gasteiger partial charge on any atom is -0.381 e. The van der Waals surface area contributed by atoms with E-state index in [1.165, 1.54) is 12.1 Å². The van der Waals surface area contributed by atoms with Crippen molar-refractivity contribution in [1.29, 1.82) is 0 Å². The minimum absolute atomic E-state index is 0.208. The Morgan fingerprint density at radius 2 is 1.92 bits per heavy atom. The van der Waals surface area contributed by atoms with Crippen LogP contribution in [0.3, 0.4) is 0 Å². The summed E-state index contributed by atoms with van der Waals surface area (Å²) in [6.07, 6.45) is 4.96. The maximum absolute atomic E-state index is 13.3. The van der Waals surface area contributed by atoms with Gasteiger partial charge in [-0.3, -0.25) is 4.79 Å². The van der Waals surface area contributed by atoms with E-state index in [2.05, 4.69) is 20.6 Å². The molecule has 3 aromatic rings. The van der Waals surface area contributed by atoms with Crippen LogP contribution in [0, 0.1) is 11.6 Å². The van der Waals surface area contributed by atoms with Gasteiger partial charge < -0.3 is 15.6 Å². The van der Waals surface area contributed by atoms with Crippen LogP contribution < -0.4 is 10.6 Å². The summed E-state index contributed by atoms with van der Waals surface area (Å²) < 4.78 is 26.6. The molecule has 1 aliphatic heterocycles. The summed E-state index contributed by atoms with van der Waals surface area (Å²) in [7, 11) is 0. The van der Waals surface area contributed by atoms with Crippen molar-refractivity contribution in [3.63, 3.8) is 0 Å². The zero-order valence-corrected chi connectivity index (χ0v) is 13.5. The number of imidazole rings is 1. The smallest absolute Gasteiger partial charge is 0.256 e. The van der Waals surface area contributed by atoms with Crippen molar-refractivity contribution in [3.8, 4) is 0 Å². The van der Waals surface area contributed by atoms with Crippen LogP contribution in [-0.2, 0) is 11.3 Å². The van der Waals surface area contributed by atoms with Crippen molar-refractivity contribution in [2.75, 3.05) is 10.6 Å². The van der Waals surface area contributed by atoms with Gasteiger partial charge in [0.05, 0.1) is 5.57 Å². The molecular formula is C19H14F2N4O. The van der Waals surface area contributed by atoms with Crippen molar-refractivity contribution in [3.05, 3.63) is 77.4 Å². The van der Waals surface area contributed by atoms with Gasteiger partial charge in [0.25, 0.3) is 5.91 Å².